The number of rotatable bonds is 9. The predicted molar refractivity (Wildman–Crippen MR) is 132 cm³/mol. The average Bonchev–Trinajstić information content (AvgIpc) is 3.45. The van der Waals surface area contributed by atoms with Crippen LogP contribution in [0.4, 0.5) is 5.82 Å². The van der Waals surface area contributed by atoms with Crippen molar-refractivity contribution in [3.63, 3.8) is 0 Å². The summed E-state index contributed by atoms with van der Waals surface area (Å²) in [6, 6.07) is 10.8. The molecule has 4 aromatic rings. The van der Waals surface area contributed by atoms with Crippen molar-refractivity contribution in [2.24, 2.45) is 0 Å². The maximum atomic E-state index is 5.30. The van der Waals surface area contributed by atoms with Crippen LogP contribution in [0.5, 0.6) is 5.75 Å². The molecule has 0 radical (unpaired) electrons. The van der Waals surface area contributed by atoms with E-state index in [4.69, 9.17) is 14.7 Å². The minimum atomic E-state index is 0.481. The van der Waals surface area contributed by atoms with E-state index >= 15 is 0 Å². The predicted octanol–water partition coefficient (Wildman–Crippen LogP) is 5.08. The molecule has 4 rings (SSSR count). The number of aromatic nitrogens is 4. The van der Waals surface area contributed by atoms with Crippen molar-refractivity contribution in [2.75, 3.05) is 25.5 Å². The molecule has 0 spiro atoms. The lowest BCUT2D eigenvalue weighted by molar-refractivity contribution is 0.182. The second kappa shape index (κ2) is 9.67. The van der Waals surface area contributed by atoms with Crippen LogP contribution in [0, 0.1) is 0 Å². The zero-order valence-corrected chi connectivity index (χ0v) is 20.1. The van der Waals surface area contributed by atoms with Gasteiger partial charge in [0.15, 0.2) is 22.8 Å². The van der Waals surface area contributed by atoms with E-state index in [9.17, 15) is 0 Å². The second-order valence-corrected chi connectivity index (χ2v) is 9.02. The summed E-state index contributed by atoms with van der Waals surface area (Å²) in [5.41, 5.74) is 3.54. The number of hydrogen-bond donors (Lipinski definition) is 1. The van der Waals surface area contributed by atoms with E-state index in [1.807, 2.05) is 35.2 Å². The first-order valence-electron chi connectivity index (χ1n) is 10.9. The van der Waals surface area contributed by atoms with Gasteiger partial charge < -0.3 is 10.1 Å². The number of ether oxygens (including phenoxy) is 1. The summed E-state index contributed by atoms with van der Waals surface area (Å²) in [5.74, 6) is 2.21. The second-order valence-electron chi connectivity index (χ2n) is 8.24. The Morgan fingerprint density at radius 2 is 1.81 bits per heavy atom. The Labute approximate surface area is 193 Å². The van der Waals surface area contributed by atoms with Gasteiger partial charge in [-0.15, -0.1) is 0 Å². The molecular formula is C24H30N6OS. The van der Waals surface area contributed by atoms with E-state index in [0.717, 1.165) is 47.1 Å². The molecule has 0 bridgehead atoms. The highest BCUT2D eigenvalue weighted by Gasteiger charge is 2.17. The van der Waals surface area contributed by atoms with Crippen LogP contribution in [0.2, 0.25) is 0 Å². The van der Waals surface area contributed by atoms with Gasteiger partial charge in [-0.2, -0.15) is 11.3 Å². The number of nitrogens with zero attached hydrogens (tertiary/aromatic N) is 5. The van der Waals surface area contributed by atoms with Crippen molar-refractivity contribution in [1.82, 2.24) is 24.4 Å². The van der Waals surface area contributed by atoms with Crippen LogP contribution >= 0.6 is 11.3 Å². The van der Waals surface area contributed by atoms with Crippen molar-refractivity contribution < 1.29 is 4.74 Å². The molecule has 1 N–H and O–H groups in total. The molecule has 0 fully saturated rings. The van der Waals surface area contributed by atoms with Gasteiger partial charge in [0.2, 0.25) is 0 Å². The highest BCUT2D eigenvalue weighted by atomic mass is 32.1. The summed E-state index contributed by atoms with van der Waals surface area (Å²) in [4.78, 5) is 16.8. The summed E-state index contributed by atoms with van der Waals surface area (Å²) in [7, 11) is 1.66. The fourth-order valence-corrected chi connectivity index (χ4v) is 4.52. The quantitative estimate of drug-likeness (QED) is 0.383. The van der Waals surface area contributed by atoms with Crippen LogP contribution in [-0.2, 0) is 0 Å². The Bertz CT molecular complexity index is 1140. The zero-order chi connectivity index (χ0) is 22.7. The SMILES string of the molecule is COc1ccc(-c2nc(NCCN(C(C)C)C(C)C)c3ncn(-c4ccsc4)c3n2)cc1. The van der Waals surface area contributed by atoms with Crippen molar-refractivity contribution in [3.8, 4) is 22.8 Å². The molecule has 8 heteroatoms. The Balaban J connectivity index is 1.71. The number of thiophene rings is 1. The standard InChI is InChI=1S/C24H30N6OS/c1-16(2)29(17(3)4)12-11-25-23-21-24(30(15-26-21)19-10-13-32-14-19)28-22(27-23)18-6-8-20(31-5)9-7-18/h6-10,13-17H,11-12H2,1-5H3,(H,25,27,28). The molecule has 0 aliphatic carbocycles. The number of benzene rings is 1. The van der Waals surface area contributed by atoms with Gasteiger partial charge in [-0.05, 0) is 63.4 Å². The fraction of sp³-hybridized carbons (Fsp3) is 0.375. The lowest BCUT2D eigenvalue weighted by Gasteiger charge is -2.30. The monoisotopic (exact) mass is 450 g/mol. The number of methoxy groups -OCH3 is 1. The molecule has 32 heavy (non-hydrogen) atoms. The highest BCUT2D eigenvalue weighted by molar-refractivity contribution is 7.08. The van der Waals surface area contributed by atoms with E-state index in [0.29, 0.717) is 17.9 Å². The number of hydrogen-bond acceptors (Lipinski definition) is 7. The molecule has 0 unspecified atom stereocenters. The van der Waals surface area contributed by atoms with Crippen LogP contribution in [0.3, 0.4) is 0 Å². The summed E-state index contributed by atoms with van der Waals surface area (Å²) < 4.78 is 7.31. The van der Waals surface area contributed by atoms with Crippen LogP contribution in [0.25, 0.3) is 28.2 Å². The topological polar surface area (TPSA) is 68.1 Å². The van der Waals surface area contributed by atoms with Crippen LogP contribution in [0.1, 0.15) is 27.7 Å². The van der Waals surface area contributed by atoms with Crippen LogP contribution in [-0.4, -0.2) is 56.7 Å². The third kappa shape index (κ3) is 4.61. The third-order valence-corrected chi connectivity index (χ3v) is 6.19. The molecule has 0 amide bonds. The Kier molecular flexibility index (Phi) is 6.72. The van der Waals surface area contributed by atoms with Gasteiger partial charge in [0, 0.05) is 36.1 Å². The Morgan fingerprint density at radius 3 is 2.44 bits per heavy atom. The van der Waals surface area contributed by atoms with E-state index < -0.39 is 0 Å². The Morgan fingerprint density at radius 1 is 1.06 bits per heavy atom. The molecule has 0 aliphatic heterocycles. The van der Waals surface area contributed by atoms with Gasteiger partial charge in [0.05, 0.1) is 12.8 Å². The van der Waals surface area contributed by atoms with E-state index in [1.54, 1.807) is 18.4 Å². The maximum absolute atomic E-state index is 5.30. The van der Waals surface area contributed by atoms with Crippen LogP contribution in [0.15, 0.2) is 47.4 Å². The summed E-state index contributed by atoms with van der Waals surface area (Å²) >= 11 is 1.65. The first-order chi connectivity index (χ1) is 15.5. The van der Waals surface area contributed by atoms with Gasteiger partial charge in [-0.3, -0.25) is 9.47 Å². The van der Waals surface area contributed by atoms with Gasteiger partial charge in [-0.25, -0.2) is 15.0 Å². The van der Waals surface area contributed by atoms with Crippen molar-refractivity contribution in [3.05, 3.63) is 47.4 Å². The first-order valence-corrected chi connectivity index (χ1v) is 11.8. The van der Waals surface area contributed by atoms with Crippen LogP contribution < -0.4 is 10.1 Å². The molecule has 1 aromatic carbocycles. The zero-order valence-electron chi connectivity index (χ0n) is 19.2. The molecular weight excluding hydrogens is 420 g/mol. The molecule has 0 atom stereocenters. The molecule has 0 saturated heterocycles. The van der Waals surface area contributed by atoms with Crippen molar-refractivity contribution >= 4 is 28.3 Å². The Hall–Kier alpha value is -2.97. The number of fused-ring (bicyclic) bond motifs is 1. The normalized spacial score (nSPS) is 11.8. The summed E-state index contributed by atoms with van der Waals surface area (Å²) in [6.45, 7) is 10.6. The lowest BCUT2D eigenvalue weighted by atomic mass is 10.2. The van der Waals surface area contributed by atoms with Gasteiger partial charge in [0.25, 0.3) is 0 Å². The van der Waals surface area contributed by atoms with Gasteiger partial charge in [-0.1, -0.05) is 0 Å². The minimum Gasteiger partial charge on any atom is -0.497 e. The van der Waals surface area contributed by atoms with E-state index in [2.05, 4.69) is 59.7 Å². The summed E-state index contributed by atoms with van der Waals surface area (Å²) in [6.07, 6.45) is 1.82. The highest BCUT2D eigenvalue weighted by Crippen LogP contribution is 2.27. The maximum Gasteiger partial charge on any atom is 0.170 e. The van der Waals surface area contributed by atoms with E-state index in [1.165, 1.54) is 0 Å². The summed E-state index contributed by atoms with van der Waals surface area (Å²) in [5, 5.41) is 7.67. The number of nitrogens with one attached hydrogen (secondary N) is 1. The average molecular weight is 451 g/mol. The number of imidazole rings is 1. The van der Waals surface area contributed by atoms with Crippen molar-refractivity contribution in [2.45, 2.75) is 39.8 Å². The fourth-order valence-electron chi connectivity index (χ4n) is 3.89. The minimum absolute atomic E-state index is 0.481. The lowest BCUT2D eigenvalue weighted by Crippen LogP contribution is -2.40. The largest absolute Gasteiger partial charge is 0.497 e. The molecule has 0 saturated carbocycles. The first kappa shape index (κ1) is 22.2. The molecule has 3 aromatic heterocycles. The molecule has 168 valence electrons. The smallest absolute Gasteiger partial charge is 0.170 e. The molecule has 3 heterocycles. The van der Waals surface area contributed by atoms with Crippen molar-refractivity contribution in [1.29, 1.82) is 0 Å². The van der Waals surface area contributed by atoms with Gasteiger partial charge in [0.1, 0.15) is 12.1 Å². The van der Waals surface area contributed by atoms with Gasteiger partial charge >= 0.3 is 0 Å². The number of anilines is 1. The molecule has 0 aliphatic rings. The van der Waals surface area contributed by atoms with E-state index in [-0.39, 0.29) is 0 Å². The third-order valence-electron chi connectivity index (χ3n) is 5.52. The molecule has 7 nitrogen and oxygen atoms in total.